The highest BCUT2D eigenvalue weighted by Crippen LogP contribution is 2.34. The average molecular weight is 490 g/mol. The largest absolute Gasteiger partial charge is 0.412 e. The molecule has 1 aromatic heterocycles. The van der Waals surface area contributed by atoms with E-state index in [1.807, 2.05) is 29.5 Å². The van der Waals surface area contributed by atoms with E-state index in [1.165, 1.54) is 26.1 Å². The summed E-state index contributed by atoms with van der Waals surface area (Å²) < 4.78 is 14.9. The van der Waals surface area contributed by atoms with Gasteiger partial charge in [0.05, 0.1) is 16.0 Å². The third-order valence-corrected chi connectivity index (χ3v) is 9.38. The van der Waals surface area contributed by atoms with Crippen molar-refractivity contribution in [3.05, 3.63) is 107 Å². The van der Waals surface area contributed by atoms with Crippen molar-refractivity contribution in [3.63, 3.8) is 0 Å². The van der Waals surface area contributed by atoms with Gasteiger partial charge in [-0.2, -0.15) is 0 Å². The number of fused-ring (bicyclic) bond motifs is 1. The van der Waals surface area contributed by atoms with Gasteiger partial charge in [0.15, 0.2) is 0 Å². The molecule has 0 amide bonds. The number of aryl methyl sites for hydroxylation is 1. The third-order valence-electron chi connectivity index (χ3n) is 6.43. The Kier molecular flexibility index (Phi) is 8.11. The second kappa shape index (κ2) is 11.2. The SMILES string of the molecule is Cc1ccc(S(=O)C(CCN2CC=C(c3cc4ccccc4s3)CC2)c2ccccc2)cc1.O. The number of hydrogen-bond donors (Lipinski definition) is 0. The van der Waals surface area contributed by atoms with Gasteiger partial charge < -0.3 is 5.48 Å². The predicted molar refractivity (Wildman–Crippen MR) is 146 cm³/mol. The summed E-state index contributed by atoms with van der Waals surface area (Å²) in [5, 5.41) is 1.34. The van der Waals surface area contributed by atoms with Crippen molar-refractivity contribution in [2.45, 2.75) is 29.9 Å². The van der Waals surface area contributed by atoms with E-state index in [0.717, 1.165) is 42.9 Å². The quantitative estimate of drug-likeness (QED) is 0.301. The van der Waals surface area contributed by atoms with E-state index in [1.54, 1.807) is 0 Å². The molecule has 0 radical (unpaired) electrons. The summed E-state index contributed by atoms with van der Waals surface area (Å²) >= 11 is 1.90. The van der Waals surface area contributed by atoms with Gasteiger partial charge in [-0.15, -0.1) is 11.3 Å². The molecule has 2 atom stereocenters. The van der Waals surface area contributed by atoms with E-state index < -0.39 is 10.8 Å². The molecule has 1 aliphatic rings. The smallest absolute Gasteiger partial charge is 0.0656 e. The van der Waals surface area contributed by atoms with Crippen molar-refractivity contribution < 1.29 is 9.69 Å². The van der Waals surface area contributed by atoms with Crippen LogP contribution in [0.4, 0.5) is 0 Å². The number of hydrogen-bond acceptors (Lipinski definition) is 3. The molecular weight excluding hydrogens is 458 g/mol. The normalized spacial score (nSPS) is 16.0. The zero-order chi connectivity index (χ0) is 22.6. The van der Waals surface area contributed by atoms with Crippen molar-refractivity contribution in [1.29, 1.82) is 0 Å². The Hall–Kier alpha value is -2.57. The molecule has 3 aromatic carbocycles. The summed E-state index contributed by atoms with van der Waals surface area (Å²) in [4.78, 5) is 4.82. The minimum Gasteiger partial charge on any atom is -0.412 e. The molecule has 5 rings (SSSR count). The number of thiophene rings is 1. The maximum Gasteiger partial charge on any atom is 0.0656 e. The second-order valence-electron chi connectivity index (χ2n) is 8.73. The van der Waals surface area contributed by atoms with Crippen molar-refractivity contribution >= 4 is 37.8 Å². The van der Waals surface area contributed by atoms with Crippen LogP contribution in [0.1, 0.15) is 34.1 Å². The highest BCUT2D eigenvalue weighted by molar-refractivity contribution is 7.85. The third kappa shape index (κ3) is 5.56. The minimum atomic E-state index is -1.07. The van der Waals surface area contributed by atoms with Gasteiger partial charge in [-0.05, 0) is 67.1 Å². The highest BCUT2D eigenvalue weighted by atomic mass is 32.2. The van der Waals surface area contributed by atoms with Gasteiger partial charge in [-0.3, -0.25) is 9.11 Å². The maximum atomic E-state index is 13.5. The van der Waals surface area contributed by atoms with E-state index >= 15 is 0 Å². The van der Waals surface area contributed by atoms with E-state index in [0.29, 0.717) is 0 Å². The summed E-state index contributed by atoms with van der Waals surface area (Å²) in [6, 6.07) is 29.5. The van der Waals surface area contributed by atoms with Gasteiger partial charge in [0.1, 0.15) is 0 Å². The van der Waals surface area contributed by atoms with Crippen LogP contribution in [0.2, 0.25) is 0 Å². The van der Waals surface area contributed by atoms with Crippen LogP contribution < -0.4 is 0 Å². The fourth-order valence-corrected chi connectivity index (χ4v) is 7.07. The highest BCUT2D eigenvalue weighted by Gasteiger charge is 2.23. The molecule has 5 heteroatoms. The Labute approximate surface area is 208 Å². The first-order chi connectivity index (χ1) is 16.2. The summed E-state index contributed by atoms with van der Waals surface area (Å²) in [5.74, 6) is 0. The fourth-order valence-electron chi connectivity index (χ4n) is 4.48. The van der Waals surface area contributed by atoms with Crippen LogP contribution in [0.5, 0.6) is 0 Å². The Morgan fingerprint density at radius 3 is 2.41 bits per heavy atom. The Balaban J connectivity index is 0.00000274. The second-order valence-corrected chi connectivity index (χ2v) is 11.4. The van der Waals surface area contributed by atoms with Crippen molar-refractivity contribution in [3.8, 4) is 0 Å². The van der Waals surface area contributed by atoms with Gasteiger partial charge in [0.2, 0.25) is 0 Å². The van der Waals surface area contributed by atoms with Gasteiger partial charge in [-0.1, -0.05) is 72.3 Å². The lowest BCUT2D eigenvalue weighted by Crippen LogP contribution is -2.30. The molecular formula is C29H31NO2S2. The molecule has 3 nitrogen and oxygen atoms in total. The van der Waals surface area contributed by atoms with Crippen LogP contribution in [0.3, 0.4) is 0 Å². The molecule has 2 heterocycles. The summed E-state index contributed by atoms with van der Waals surface area (Å²) in [7, 11) is -1.07. The number of rotatable bonds is 7. The molecule has 0 saturated carbocycles. The first kappa shape index (κ1) is 24.6. The topological polar surface area (TPSA) is 51.8 Å². The van der Waals surface area contributed by atoms with E-state index in [9.17, 15) is 4.21 Å². The number of benzene rings is 3. The van der Waals surface area contributed by atoms with Gasteiger partial charge in [0, 0.05) is 27.6 Å². The molecule has 4 aromatic rings. The van der Waals surface area contributed by atoms with Crippen LogP contribution in [-0.4, -0.2) is 34.2 Å². The molecule has 0 saturated heterocycles. The van der Waals surface area contributed by atoms with Crippen LogP contribution >= 0.6 is 11.3 Å². The molecule has 0 fully saturated rings. The van der Waals surface area contributed by atoms with E-state index in [4.69, 9.17) is 0 Å². The first-order valence-corrected chi connectivity index (χ1v) is 13.6. The van der Waals surface area contributed by atoms with Crippen LogP contribution in [0.25, 0.3) is 15.7 Å². The minimum absolute atomic E-state index is 0. The lowest BCUT2D eigenvalue weighted by molar-refractivity contribution is 0.297. The van der Waals surface area contributed by atoms with E-state index in [-0.39, 0.29) is 10.7 Å². The molecule has 2 N–H and O–H groups in total. The Morgan fingerprint density at radius 1 is 0.971 bits per heavy atom. The number of nitrogens with zero attached hydrogens (tertiary/aromatic N) is 1. The van der Waals surface area contributed by atoms with Gasteiger partial charge in [-0.25, -0.2) is 0 Å². The van der Waals surface area contributed by atoms with Crippen LogP contribution in [0, 0.1) is 6.92 Å². The van der Waals surface area contributed by atoms with Gasteiger partial charge >= 0.3 is 0 Å². The van der Waals surface area contributed by atoms with Crippen molar-refractivity contribution in [1.82, 2.24) is 4.90 Å². The van der Waals surface area contributed by atoms with Crippen LogP contribution in [-0.2, 0) is 10.8 Å². The summed E-state index contributed by atoms with van der Waals surface area (Å²) in [5.41, 5.74) is 3.83. The monoisotopic (exact) mass is 489 g/mol. The lowest BCUT2D eigenvalue weighted by atomic mass is 10.0. The zero-order valence-electron chi connectivity index (χ0n) is 19.4. The molecule has 2 unspecified atom stereocenters. The predicted octanol–water partition coefficient (Wildman–Crippen LogP) is 6.41. The lowest BCUT2D eigenvalue weighted by Gasteiger charge is -2.28. The Morgan fingerprint density at radius 2 is 1.71 bits per heavy atom. The zero-order valence-corrected chi connectivity index (χ0v) is 21.1. The standard InChI is InChI=1S/C29H29NOS2.H2O/c1-22-11-13-26(14-12-22)33(31)29(24-7-3-2-4-8-24)17-20-30-18-15-23(16-19-30)28-21-25-9-5-6-10-27(25)32-28;/h2-15,21,29H,16-20H2,1H3;1H2. The van der Waals surface area contributed by atoms with Crippen molar-refractivity contribution in [2.75, 3.05) is 19.6 Å². The van der Waals surface area contributed by atoms with Crippen molar-refractivity contribution in [2.24, 2.45) is 0 Å². The Bertz CT molecular complexity index is 1250. The molecule has 0 bridgehead atoms. The summed E-state index contributed by atoms with van der Waals surface area (Å²) in [6.45, 7) is 5.03. The van der Waals surface area contributed by atoms with Gasteiger partial charge in [0.25, 0.3) is 0 Å². The van der Waals surface area contributed by atoms with E-state index in [2.05, 4.69) is 84.6 Å². The molecule has 1 aliphatic heterocycles. The molecule has 0 aliphatic carbocycles. The van der Waals surface area contributed by atoms with Crippen LogP contribution in [0.15, 0.2) is 95.9 Å². The molecule has 34 heavy (non-hydrogen) atoms. The average Bonchev–Trinajstić information content (AvgIpc) is 3.30. The molecule has 176 valence electrons. The molecule has 0 spiro atoms. The first-order valence-electron chi connectivity index (χ1n) is 11.6. The summed E-state index contributed by atoms with van der Waals surface area (Å²) in [6.07, 6.45) is 4.35. The fraction of sp³-hybridized carbons (Fsp3) is 0.241. The maximum absolute atomic E-state index is 13.5.